The minimum Gasteiger partial charge on any atom is -0.309 e. The molecule has 0 unspecified atom stereocenters. The second kappa shape index (κ2) is 25.2. The first kappa shape index (κ1) is 62.9. The molecule has 4 aliphatic heterocycles. The molecule has 6 heterocycles. The highest BCUT2D eigenvalue weighted by atomic mass is 15.0. The lowest BCUT2D eigenvalue weighted by molar-refractivity contribution is 1.18. The molecular formula is C102H66B6N2. The van der Waals surface area contributed by atoms with Crippen LogP contribution in [0.5, 0.6) is 0 Å². The van der Waals surface area contributed by atoms with Crippen molar-refractivity contribution in [3.05, 3.63) is 400 Å². The molecule has 0 amide bonds. The molecule has 0 bridgehead atoms. The Bertz CT molecular complexity index is 6260. The Morgan fingerprint density at radius 1 is 0.173 bits per heavy atom. The van der Waals surface area contributed by atoms with E-state index in [1.165, 1.54) is 164 Å². The monoisotopic (exact) mass is 1380 g/mol. The minimum absolute atomic E-state index is 0.0399. The van der Waals surface area contributed by atoms with E-state index in [0.717, 1.165) is 33.5 Å². The number of aromatic nitrogens is 2. The van der Waals surface area contributed by atoms with E-state index in [1.807, 2.05) is 0 Å². The molecule has 0 N–H and O–H groups in total. The number of para-hydroxylation sites is 4. The Hall–Kier alpha value is -13.3. The van der Waals surface area contributed by atoms with Crippen LogP contribution in [0, 0.1) is 0 Å². The fraction of sp³-hybridized carbons (Fsp3) is 0. The standard InChI is InChI=1S/C102H66B6N2/c1-7-31-73(32-8-1)103-81-45-21-25-49-85(81)107-86-50-26-22-46-82(86)104(74-33-9-2-10-34-74)90-64-71(63-89(103)99(90)107)67-55-59-69(60-56-67)95-97-79-43-19-29-53-93(79)110(78-41-17-6-18-42-78)102(97)96(98-80-44-20-30-54-94(80)109(101(95)98)77-39-15-5-16-40-77)70-61-57-68(58-62-70)72-65-91-100-92(66-72)106(76-37-13-4-14-38-76)84-48-24-28-52-88(84)108(100)87-51-27-23-47-83(87)105(91)75-35-11-3-12-36-75/h1-66H. The Morgan fingerprint density at radius 2 is 0.400 bits per heavy atom. The number of rotatable bonds is 10. The molecule has 0 radical (unpaired) electrons. The maximum atomic E-state index is 2.57. The third kappa shape index (κ3) is 9.45. The zero-order chi connectivity index (χ0) is 72.1. The summed E-state index contributed by atoms with van der Waals surface area (Å²) in [6, 6.07) is 153. The van der Waals surface area contributed by atoms with E-state index in [2.05, 4.69) is 410 Å². The van der Waals surface area contributed by atoms with Crippen LogP contribution in [0.3, 0.4) is 0 Å². The van der Waals surface area contributed by atoms with Crippen LogP contribution < -0.4 is 98.3 Å². The summed E-state index contributed by atoms with van der Waals surface area (Å²) >= 11 is 0. The summed E-state index contributed by atoms with van der Waals surface area (Å²) in [7, 11) is 0. The molecule has 8 heteroatoms. The lowest BCUT2D eigenvalue weighted by Crippen LogP contribution is -2.84. The maximum absolute atomic E-state index is 2.57. The van der Waals surface area contributed by atoms with Gasteiger partial charge in [-0.05, 0) is 69.8 Å². The van der Waals surface area contributed by atoms with Gasteiger partial charge in [0.1, 0.15) is 0 Å². The number of nitrogens with zero attached hydrogens (tertiary/aromatic N) is 2. The normalized spacial score (nSPS) is 13.0. The first-order valence-corrected chi connectivity index (χ1v) is 38.9. The molecule has 19 aromatic rings. The van der Waals surface area contributed by atoms with Gasteiger partial charge < -0.3 is 9.13 Å². The predicted octanol–water partition coefficient (Wildman–Crippen LogP) is 10.9. The molecule has 0 atom stereocenters. The molecule has 4 aliphatic rings. The van der Waals surface area contributed by atoms with Crippen LogP contribution in [-0.4, -0.2) is 49.4 Å². The van der Waals surface area contributed by atoms with E-state index in [4.69, 9.17) is 0 Å². The fourth-order valence-corrected chi connectivity index (χ4v) is 20.8. The van der Waals surface area contributed by atoms with Gasteiger partial charge in [-0.25, -0.2) is 0 Å². The van der Waals surface area contributed by atoms with E-state index in [9.17, 15) is 0 Å². The zero-order valence-electron chi connectivity index (χ0n) is 60.5. The molecular weight excluding hydrogens is 1320 g/mol. The number of benzene rings is 17. The van der Waals surface area contributed by atoms with Gasteiger partial charge in [-0.3, -0.25) is 0 Å². The van der Waals surface area contributed by atoms with Gasteiger partial charge in [0.2, 0.25) is 40.3 Å². The summed E-state index contributed by atoms with van der Waals surface area (Å²) in [5.74, 6) is 0. The van der Waals surface area contributed by atoms with Crippen LogP contribution in [0.4, 0.5) is 0 Å². The van der Waals surface area contributed by atoms with Crippen LogP contribution >= 0.6 is 0 Å². The van der Waals surface area contributed by atoms with Crippen molar-refractivity contribution in [3.8, 4) is 55.9 Å². The summed E-state index contributed by atoms with van der Waals surface area (Å²) in [5, 5.41) is 4.82. The Labute approximate surface area is 643 Å². The predicted molar refractivity (Wildman–Crippen MR) is 476 cm³/mol. The van der Waals surface area contributed by atoms with Gasteiger partial charge in [-0.1, -0.05) is 462 Å². The van der Waals surface area contributed by atoms with Crippen molar-refractivity contribution in [2.75, 3.05) is 0 Å². The van der Waals surface area contributed by atoms with Crippen molar-refractivity contribution >= 4 is 182 Å². The van der Waals surface area contributed by atoms with Crippen LogP contribution in [0.25, 0.3) is 99.5 Å². The van der Waals surface area contributed by atoms with E-state index >= 15 is 0 Å². The van der Waals surface area contributed by atoms with Crippen molar-refractivity contribution < 1.29 is 0 Å². The molecule has 110 heavy (non-hydrogen) atoms. The molecule has 0 saturated carbocycles. The van der Waals surface area contributed by atoms with Gasteiger partial charge in [0, 0.05) is 44.0 Å². The first-order valence-electron chi connectivity index (χ1n) is 38.9. The van der Waals surface area contributed by atoms with Crippen LogP contribution in [0.1, 0.15) is 0 Å². The van der Waals surface area contributed by atoms with Gasteiger partial charge in [0.05, 0.1) is 22.1 Å². The van der Waals surface area contributed by atoms with E-state index in [1.54, 1.807) is 0 Å². The van der Waals surface area contributed by atoms with Crippen molar-refractivity contribution in [1.29, 1.82) is 0 Å². The molecule has 502 valence electrons. The zero-order valence-corrected chi connectivity index (χ0v) is 60.5. The number of hydrogen-bond donors (Lipinski definition) is 0. The molecule has 23 rings (SSSR count). The highest BCUT2D eigenvalue weighted by molar-refractivity contribution is 7.19. The van der Waals surface area contributed by atoms with Crippen LogP contribution in [0.2, 0.25) is 0 Å². The molecule has 0 aliphatic carbocycles. The highest BCUT2D eigenvalue weighted by Crippen LogP contribution is 2.52. The molecule has 2 aromatic heterocycles. The molecule has 0 saturated heterocycles. The lowest BCUT2D eigenvalue weighted by Gasteiger charge is -2.40. The van der Waals surface area contributed by atoms with Crippen molar-refractivity contribution in [2.24, 2.45) is 0 Å². The molecule has 17 aromatic carbocycles. The SMILES string of the molecule is c1ccc(B2c3ccccc3B3c4ccccc4B(c4ccccc4)c4cc(-c5ccc(-c6c7c8ccccc8n(-c8ccccc8)c7c(-c7ccc(-c8cc9c%10c(c8)B(c8ccccc8)c8ccccc8B%10c8ccccc8B9c8ccccc8)cc7)c7c8ccccc8n(-c8ccccc8)c67)cc5)cc2c43)cc1. The largest absolute Gasteiger partial charge is 0.309 e. The summed E-state index contributed by atoms with van der Waals surface area (Å²) < 4.78 is 5.14. The maximum Gasteiger partial charge on any atom is 0.240 e. The average Bonchev–Trinajstić information content (AvgIpc) is 1.72. The average molecular weight is 1380 g/mol. The fourth-order valence-electron chi connectivity index (χ4n) is 20.8. The second-order valence-electron chi connectivity index (χ2n) is 30.6. The Balaban J connectivity index is 0.766. The topological polar surface area (TPSA) is 9.86 Å². The molecule has 2 nitrogen and oxygen atoms in total. The summed E-state index contributed by atoms with van der Waals surface area (Å²) in [5.41, 5.74) is 41.2. The third-order valence-corrected chi connectivity index (χ3v) is 25.1. The number of fused-ring (bicyclic) bond motifs is 14. The first-order chi connectivity index (χ1) is 54.7. The molecule has 0 fully saturated rings. The van der Waals surface area contributed by atoms with E-state index in [-0.39, 0.29) is 40.3 Å². The Morgan fingerprint density at radius 3 is 0.682 bits per heavy atom. The van der Waals surface area contributed by atoms with Gasteiger partial charge in [0.15, 0.2) is 0 Å². The third-order valence-electron chi connectivity index (χ3n) is 25.1. The van der Waals surface area contributed by atoms with Crippen LogP contribution in [0.15, 0.2) is 400 Å². The van der Waals surface area contributed by atoms with Crippen molar-refractivity contribution in [2.45, 2.75) is 0 Å². The summed E-state index contributed by atoms with van der Waals surface area (Å²) in [4.78, 5) is 0. The highest BCUT2D eigenvalue weighted by Gasteiger charge is 2.48. The van der Waals surface area contributed by atoms with Gasteiger partial charge in [-0.15, -0.1) is 0 Å². The van der Waals surface area contributed by atoms with Crippen LogP contribution in [-0.2, 0) is 0 Å². The summed E-state index contributed by atoms with van der Waals surface area (Å²) in [6.45, 7) is 0.351. The quantitative estimate of drug-likeness (QED) is 0.121. The molecule has 0 spiro atoms. The van der Waals surface area contributed by atoms with Crippen molar-refractivity contribution in [3.63, 3.8) is 0 Å². The van der Waals surface area contributed by atoms with Crippen molar-refractivity contribution in [1.82, 2.24) is 9.13 Å². The minimum atomic E-state index is 0.0399. The summed E-state index contributed by atoms with van der Waals surface area (Å²) in [6.07, 6.45) is 0. The van der Waals surface area contributed by atoms with E-state index < -0.39 is 0 Å². The van der Waals surface area contributed by atoms with Gasteiger partial charge >= 0.3 is 0 Å². The second-order valence-corrected chi connectivity index (χ2v) is 30.6. The van der Waals surface area contributed by atoms with E-state index in [0.29, 0.717) is 0 Å². The lowest BCUT2D eigenvalue weighted by atomic mass is 9.14. The van der Waals surface area contributed by atoms with Gasteiger partial charge in [0.25, 0.3) is 0 Å². The Kier molecular flexibility index (Phi) is 14.4. The number of hydrogen-bond acceptors (Lipinski definition) is 0. The van der Waals surface area contributed by atoms with Gasteiger partial charge in [-0.2, -0.15) is 0 Å². The smallest absolute Gasteiger partial charge is 0.240 e.